The van der Waals surface area contributed by atoms with Crippen LogP contribution in [0.1, 0.15) is 34.1 Å². The van der Waals surface area contributed by atoms with E-state index in [1.165, 1.54) is 0 Å². The van der Waals surface area contributed by atoms with Gasteiger partial charge in [-0.3, -0.25) is 4.79 Å². The van der Waals surface area contributed by atoms with Crippen LogP contribution in [0.4, 0.5) is 0 Å². The molecule has 2 rings (SSSR count). The average Bonchev–Trinajstić information content (AvgIpc) is 2.65. The summed E-state index contributed by atoms with van der Waals surface area (Å²) >= 11 is 0. The molecule has 0 saturated carbocycles. The number of carbonyl (C=O) groups is 1. The molecule has 10 nitrogen and oxygen atoms in total. The molecule has 0 aromatic carbocycles. The molecule has 0 aromatic heterocycles. The number of ether oxygens (including phenoxy) is 3. The van der Waals surface area contributed by atoms with Crippen molar-refractivity contribution < 1.29 is 39.4 Å². The lowest BCUT2D eigenvalue weighted by Gasteiger charge is -2.41. The maximum atomic E-state index is 12.7. The molecule has 0 radical (unpaired) electrons. The normalized spacial score (nSPS) is 34.2. The van der Waals surface area contributed by atoms with Crippen LogP contribution in [0.25, 0.3) is 0 Å². The van der Waals surface area contributed by atoms with Gasteiger partial charge in [0.2, 0.25) is 5.91 Å². The topological polar surface area (TPSA) is 150 Å². The van der Waals surface area contributed by atoms with Crippen molar-refractivity contribution in [1.29, 1.82) is 0 Å². The number of nitrogens with one attached hydrogen (secondary N) is 2. The molecule has 0 spiro atoms. The molecule has 0 aromatic rings. The van der Waals surface area contributed by atoms with Gasteiger partial charge in [-0.2, -0.15) is 0 Å². The van der Waals surface area contributed by atoms with Crippen LogP contribution >= 0.6 is 0 Å². The summed E-state index contributed by atoms with van der Waals surface area (Å²) in [6, 6.07) is -1.81. The minimum absolute atomic E-state index is 0.00633. The molecule has 2 heterocycles. The fourth-order valence-corrected chi connectivity index (χ4v) is 3.39. The zero-order chi connectivity index (χ0) is 21.8. The van der Waals surface area contributed by atoms with Gasteiger partial charge in [-0.25, -0.2) is 0 Å². The van der Waals surface area contributed by atoms with E-state index >= 15 is 0 Å². The Bertz CT molecular complexity index is 522. The number of aliphatic hydroxyl groups excluding tert-OH is 4. The predicted octanol–water partition coefficient (Wildman–Crippen LogP) is -1.69. The van der Waals surface area contributed by atoms with Crippen molar-refractivity contribution in [2.75, 3.05) is 26.4 Å². The van der Waals surface area contributed by atoms with Crippen molar-refractivity contribution in [2.45, 2.75) is 77.1 Å². The van der Waals surface area contributed by atoms with E-state index in [1.54, 1.807) is 0 Å². The zero-order valence-electron chi connectivity index (χ0n) is 17.6. The minimum atomic E-state index is -1.55. The summed E-state index contributed by atoms with van der Waals surface area (Å²) in [6.07, 6.45) is -5.32. The molecular formula is C19H36N2O8. The van der Waals surface area contributed by atoms with Gasteiger partial charge in [0.25, 0.3) is 0 Å². The predicted molar refractivity (Wildman–Crippen MR) is 103 cm³/mol. The lowest BCUT2D eigenvalue weighted by molar-refractivity contribution is -0.254. The zero-order valence-corrected chi connectivity index (χ0v) is 17.6. The number of amides is 1. The van der Waals surface area contributed by atoms with Crippen molar-refractivity contribution in [3.8, 4) is 0 Å². The Morgan fingerprint density at radius 2 is 1.76 bits per heavy atom. The largest absolute Gasteiger partial charge is 0.394 e. The van der Waals surface area contributed by atoms with Crippen LogP contribution in [0.5, 0.6) is 0 Å². The monoisotopic (exact) mass is 420 g/mol. The van der Waals surface area contributed by atoms with E-state index < -0.39 is 49.2 Å². The first-order chi connectivity index (χ1) is 13.6. The molecule has 1 amide bonds. The molecule has 0 aliphatic carbocycles. The van der Waals surface area contributed by atoms with Crippen LogP contribution in [0.2, 0.25) is 0 Å². The summed E-state index contributed by atoms with van der Waals surface area (Å²) in [7, 11) is 0. The molecule has 2 aliphatic rings. The number of rotatable bonds is 8. The lowest BCUT2D eigenvalue weighted by Crippen LogP contribution is -2.66. The van der Waals surface area contributed by atoms with E-state index in [0.29, 0.717) is 26.2 Å². The molecule has 1 unspecified atom stereocenters. The number of carbonyl (C=O) groups excluding carboxylic acids is 1. The van der Waals surface area contributed by atoms with Crippen molar-refractivity contribution in [3.63, 3.8) is 0 Å². The third kappa shape index (κ3) is 6.56. The first kappa shape index (κ1) is 24.4. The quantitative estimate of drug-likeness (QED) is 0.270. The highest BCUT2D eigenvalue weighted by Crippen LogP contribution is 2.24. The molecule has 6 N–H and O–H groups in total. The summed E-state index contributed by atoms with van der Waals surface area (Å²) in [5, 5.41) is 45.0. The maximum Gasteiger partial charge on any atom is 0.237 e. The lowest BCUT2D eigenvalue weighted by atomic mass is 9.95. The van der Waals surface area contributed by atoms with Crippen LogP contribution in [0, 0.1) is 11.3 Å². The number of hydrogen-bond acceptors (Lipinski definition) is 9. The van der Waals surface area contributed by atoms with E-state index in [1.807, 2.05) is 13.8 Å². The molecule has 6 atom stereocenters. The molecule has 170 valence electrons. The van der Waals surface area contributed by atoms with Gasteiger partial charge in [-0.05, 0) is 5.92 Å². The van der Waals surface area contributed by atoms with Crippen LogP contribution in [0.15, 0.2) is 0 Å². The summed E-state index contributed by atoms with van der Waals surface area (Å²) in [5.41, 5.74) is -0.00633. The van der Waals surface area contributed by atoms with Gasteiger partial charge < -0.3 is 45.3 Å². The second-order valence-corrected chi connectivity index (χ2v) is 8.94. The SMILES string of the molecule is CC(C)[C@H](NCCC1OCC(C)(C)CO1)C(=O)N[C@H]1C(O)O[C@H](CO)[C@@H](O)[C@@H]1O. The molecule has 29 heavy (non-hydrogen) atoms. The molecule has 10 heteroatoms. The van der Waals surface area contributed by atoms with Crippen LogP contribution in [0.3, 0.4) is 0 Å². The van der Waals surface area contributed by atoms with Gasteiger partial charge in [0.05, 0.1) is 25.9 Å². The molecular weight excluding hydrogens is 384 g/mol. The molecule has 2 saturated heterocycles. The Hall–Kier alpha value is -0.850. The van der Waals surface area contributed by atoms with Crippen molar-refractivity contribution in [1.82, 2.24) is 10.6 Å². The van der Waals surface area contributed by atoms with E-state index in [9.17, 15) is 20.1 Å². The van der Waals surface area contributed by atoms with Gasteiger partial charge in [-0.15, -0.1) is 0 Å². The number of aliphatic hydroxyl groups is 4. The Morgan fingerprint density at radius 1 is 1.14 bits per heavy atom. The Labute approximate surface area is 171 Å². The van der Waals surface area contributed by atoms with Crippen molar-refractivity contribution in [3.05, 3.63) is 0 Å². The highest BCUT2D eigenvalue weighted by atomic mass is 16.7. The molecule has 0 bridgehead atoms. The third-order valence-electron chi connectivity index (χ3n) is 5.22. The van der Waals surface area contributed by atoms with Gasteiger partial charge >= 0.3 is 0 Å². The fraction of sp³-hybridized carbons (Fsp3) is 0.947. The van der Waals surface area contributed by atoms with Crippen LogP contribution in [-0.2, 0) is 19.0 Å². The van der Waals surface area contributed by atoms with Gasteiger partial charge in [0, 0.05) is 18.4 Å². The maximum absolute atomic E-state index is 12.7. The highest BCUT2D eigenvalue weighted by Gasteiger charge is 2.45. The first-order valence-electron chi connectivity index (χ1n) is 10.1. The smallest absolute Gasteiger partial charge is 0.237 e. The highest BCUT2D eigenvalue weighted by molar-refractivity contribution is 5.82. The first-order valence-corrected chi connectivity index (χ1v) is 10.1. The summed E-state index contributed by atoms with van der Waals surface area (Å²) in [5.74, 6) is -0.510. The molecule has 2 aliphatic heterocycles. The second-order valence-electron chi connectivity index (χ2n) is 8.94. The molecule has 2 fully saturated rings. The summed E-state index contributed by atoms with van der Waals surface area (Å²) in [6.45, 7) is 9.01. The second kappa shape index (κ2) is 10.5. The third-order valence-corrected chi connectivity index (χ3v) is 5.22. The van der Waals surface area contributed by atoms with E-state index in [0.717, 1.165) is 0 Å². The fourth-order valence-electron chi connectivity index (χ4n) is 3.39. The summed E-state index contributed by atoms with van der Waals surface area (Å²) in [4.78, 5) is 12.7. The van der Waals surface area contributed by atoms with Crippen molar-refractivity contribution >= 4 is 5.91 Å². The standard InChI is InChI=1S/C19H36N2O8/c1-10(2)13(20-6-5-12-27-8-19(3,4)9-28-12)17(25)21-14-16(24)15(23)11(7-22)29-18(14)26/h10-16,18,20,22-24,26H,5-9H2,1-4H3,(H,21,25)/t11-,13+,14-,15-,16-,18?/m1/s1. The van der Waals surface area contributed by atoms with Crippen LogP contribution < -0.4 is 10.6 Å². The van der Waals surface area contributed by atoms with Gasteiger partial charge in [-0.1, -0.05) is 27.7 Å². The minimum Gasteiger partial charge on any atom is -0.394 e. The Kier molecular flexibility index (Phi) is 8.80. The Morgan fingerprint density at radius 3 is 2.31 bits per heavy atom. The van der Waals surface area contributed by atoms with E-state index in [-0.39, 0.29) is 17.6 Å². The van der Waals surface area contributed by atoms with Crippen LogP contribution in [-0.4, -0.2) is 95.7 Å². The van der Waals surface area contributed by atoms with Gasteiger partial charge in [0.15, 0.2) is 12.6 Å². The average molecular weight is 421 g/mol. The van der Waals surface area contributed by atoms with E-state index in [4.69, 9.17) is 19.3 Å². The van der Waals surface area contributed by atoms with E-state index in [2.05, 4.69) is 24.5 Å². The summed E-state index contributed by atoms with van der Waals surface area (Å²) < 4.78 is 16.4. The van der Waals surface area contributed by atoms with Gasteiger partial charge in [0.1, 0.15) is 24.4 Å². The number of hydrogen-bond donors (Lipinski definition) is 6. The van der Waals surface area contributed by atoms with Crippen molar-refractivity contribution in [2.24, 2.45) is 11.3 Å². The Balaban J connectivity index is 1.86.